The Kier molecular flexibility index (Phi) is 3.60. The molecule has 1 aliphatic heterocycles. The standard InChI is InChI=1S/C14H27NO/c1-4-13(2,3)12-5-7-14(8-6-12)11-15-9-10-16-14/h12,15H,4-11H2,1-3H3. The fourth-order valence-corrected chi connectivity index (χ4v) is 3.24. The molecule has 1 heterocycles. The molecule has 0 radical (unpaired) electrons. The molecule has 1 aliphatic carbocycles. The van der Waals surface area contributed by atoms with E-state index < -0.39 is 0 Å². The number of rotatable bonds is 2. The van der Waals surface area contributed by atoms with Gasteiger partial charge in [-0.05, 0) is 37.0 Å². The molecular weight excluding hydrogens is 198 g/mol. The highest BCUT2D eigenvalue weighted by Crippen LogP contribution is 2.44. The second kappa shape index (κ2) is 4.66. The van der Waals surface area contributed by atoms with Crippen molar-refractivity contribution in [1.29, 1.82) is 0 Å². The molecule has 1 spiro atoms. The topological polar surface area (TPSA) is 21.3 Å². The number of morpholine rings is 1. The number of ether oxygens (including phenoxy) is 1. The molecule has 2 nitrogen and oxygen atoms in total. The van der Waals surface area contributed by atoms with Crippen LogP contribution in [0, 0.1) is 11.3 Å². The molecule has 0 bridgehead atoms. The van der Waals surface area contributed by atoms with E-state index >= 15 is 0 Å². The number of hydrogen-bond acceptors (Lipinski definition) is 2. The summed E-state index contributed by atoms with van der Waals surface area (Å²) in [7, 11) is 0. The molecular formula is C14H27NO. The summed E-state index contributed by atoms with van der Waals surface area (Å²) in [4.78, 5) is 0. The minimum atomic E-state index is 0.193. The summed E-state index contributed by atoms with van der Waals surface area (Å²) in [6.45, 7) is 10.2. The average Bonchev–Trinajstić information content (AvgIpc) is 2.31. The van der Waals surface area contributed by atoms with Crippen LogP contribution in [0.2, 0.25) is 0 Å². The van der Waals surface area contributed by atoms with Gasteiger partial charge in [0, 0.05) is 13.1 Å². The van der Waals surface area contributed by atoms with Crippen LogP contribution in [0.15, 0.2) is 0 Å². The van der Waals surface area contributed by atoms with Gasteiger partial charge < -0.3 is 10.1 Å². The van der Waals surface area contributed by atoms with E-state index in [1.165, 1.54) is 32.1 Å². The van der Waals surface area contributed by atoms with Crippen molar-refractivity contribution in [2.45, 2.75) is 58.5 Å². The molecule has 0 atom stereocenters. The Morgan fingerprint density at radius 2 is 2.00 bits per heavy atom. The molecule has 1 saturated heterocycles. The van der Waals surface area contributed by atoms with E-state index in [1.807, 2.05) is 0 Å². The number of nitrogens with one attached hydrogen (secondary N) is 1. The summed E-state index contributed by atoms with van der Waals surface area (Å²) in [5.74, 6) is 0.897. The van der Waals surface area contributed by atoms with Gasteiger partial charge in [-0.15, -0.1) is 0 Å². The third kappa shape index (κ3) is 2.43. The smallest absolute Gasteiger partial charge is 0.0807 e. The van der Waals surface area contributed by atoms with Gasteiger partial charge in [0.15, 0.2) is 0 Å². The maximum atomic E-state index is 6.04. The van der Waals surface area contributed by atoms with E-state index in [2.05, 4.69) is 26.1 Å². The Balaban J connectivity index is 1.91. The summed E-state index contributed by atoms with van der Waals surface area (Å²) in [5, 5.41) is 3.49. The van der Waals surface area contributed by atoms with E-state index in [-0.39, 0.29) is 5.60 Å². The summed E-state index contributed by atoms with van der Waals surface area (Å²) in [6.07, 6.45) is 6.51. The van der Waals surface area contributed by atoms with Crippen molar-refractivity contribution in [3.05, 3.63) is 0 Å². The van der Waals surface area contributed by atoms with Crippen LogP contribution in [-0.2, 0) is 4.74 Å². The van der Waals surface area contributed by atoms with Crippen molar-refractivity contribution < 1.29 is 4.74 Å². The first-order valence-corrected chi connectivity index (χ1v) is 6.93. The molecule has 0 aromatic rings. The van der Waals surface area contributed by atoms with Crippen LogP contribution >= 0.6 is 0 Å². The summed E-state index contributed by atoms with van der Waals surface area (Å²) < 4.78 is 6.04. The zero-order valence-corrected chi connectivity index (χ0v) is 11.1. The quantitative estimate of drug-likeness (QED) is 0.780. The Hall–Kier alpha value is -0.0800. The third-order valence-corrected chi connectivity index (χ3v) is 5.05. The van der Waals surface area contributed by atoms with Crippen LogP contribution in [0.1, 0.15) is 52.9 Å². The fraction of sp³-hybridized carbons (Fsp3) is 1.00. The van der Waals surface area contributed by atoms with E-state index in [0.29, 0.717) is 5.41 Å². The molecule has 0 amide bonds. The van der Waals surface area contributed by atoms with E-state index in [9.17, 15) is 0 Å². The van der Waals surface area contributed by atoms with Gasteiger partial charge in [0.1, 0.15) is 0 Å². The normalized spacial score (nSPS) is 36.6. The minimum absolute atomic E-state index is 0.193. The maximum absolute atomic E-state index is 6.04. The van der Waals surface area contributed by atoms with Gasteiger partial charge in [-0.2, -0.15) is 0 Å². The van der Waals surface area contributed by atoms with Gasteiger partial charge in [0.25, 0.3) is 0 Å². The highest BCUT2D eigenvalue weighted by atomic mass is 16.5. The van der Waals surface area contributed by atoms with Crippen molar-refractivity contribution in [2.24, 2.45) is 11.3 Å². The molecule has 0 aromatic heterocycles. The molecule has 16 heavy (non-hydrogen) atoms. The first-order chi connectivity index (χ1) is 7.58. The van der Waals surface area contributed by atoms with Crippen LogP contribution in [0.25, 0.3) is 0 Å². The van der Waals surface area contributed by atoms with Crippen molar-refractivity contribution in [3.8, 4) is 0 Å². The van der Waals surface area contributed by atoms with E-state index in [0.717, 1.165) is 25.6 Å². The molecule has 0 unspecified atom stereocenters. The first-order valence-electron chi connectivity index (χ1n) is 6.93. The van der Waals surface area contributed by atoms with E-state index in [1.54, 1.807) is 0 Å². The first kappa shape index (κ1) is 12.4. The minimum Gasteiger partial charge on any atom is -0.372 e. The highest BCUT2D eigenvalue weighted by molar-refractivity contribution is 4.94. The lowest BCUT2D eigenvalue weighted by molar-refractivity contribution is -0.103. The Morgan fingerprint density at radius 3 is 2.50 bits per heavy atom. The third-order valence-electron chi connectivity index (χ3n) is 5.05. The molecule has 1 saturated carbocycles. The molecule has 94 valence electrons. The maximum Gasteiger partial charge on any atom is 0.0807 e. The lowest BCUT2D eigenvalue weighted by Crippen LogP contribution is -2.52. The zero-order valence-electron chi connectivity index (χ0n) is 11.1. The lowest BCUT2D eigenvalue weighted by Gasteiger charge is -2.46. The van der Waals surface area contributed by atoms with Crippen molar-refractivity contribution in [2.75, 3.05) is 19.7 Å². The van der Waals surface area contributed by atoms with Crippen molar-refractivity contribution in [1.82, 2.24) is 5.32 Å². The lowest BCUT2D eigenvalue weighted by atomic mass is 9.66. The van der Waals surface area contributed by atoms with Crippen LogP contribution in [0.5, 0.6) is 0 Å². The molecule has 0 aromatic carbocycles. The fourth-order valence-electron chi connectivity index (χ4n) is 3.24. The summed E-state index contributed by atoms with van der Waals surface area (Å²) in [5.41, 5.74) is 0.711. The second-order valence-corrected chi connectivity index (χ2v) is 6.32. The molecule has 2 fully saturated rings. The Bertz CT molecular complexity index is 221. The zero-order chi connectivity index (χ0) is 11.6. The van der Waals surface area contributed by atoms with Gasteiger partial charge >= 0.3 is 0 Å². The summed E-state index contributed by atoms with van der Waals surface area (Å²) in [6, 6.07) is 0. The van der Waals surface area contributed by atoms with Crippen LogP contribution in [0.4, 0.5) is 0 Å². The molecule has 2 rings (SSSR count). The van der Waals surface area contributed by atoms with Crippen LogP contribution in [-0.4, -0.2) is 25.3 Å². The SMILES string of the molecule is CCC(C)(C)C1CCC2(CC1)CNCCO2. The molecule has 2 heteroatoms. The van der Waals surface area contributed by atoms with Gasteiger partial charge in [-0.25, -0.2) is 0 Å². The average molecular weight is 225 g/mol. The largest absolute Gasteiger partial charge is 0.372 e. The van der Waals surface area contributed by atoms with Crippen molar-refractivity contribution in [3.63, 3.8) is 0 Å². The van der Waals surface area contributed by atoms with Gasteiger partial charge in [0.05, 0.1) is 12.2 Å². The van der Waals surface area contributed by atoms with Gasteiger partial charge in [-0.1, -0.05) is 27.2 Å². The number of hydrogen-bond donors (Lipinski definition) is 1. The van der Waals surface area contributed by atoms with Gasteiger partial charge in [-0.3, -0.25) is 0 Å². The predicted molar refractivity (Wildman–Crippen MR) is 67.6 cm³/mol. The molecule has 2 aliphatic rings. The summed E-state index contributed by atoms with van der Waals surface area (Å²) >= 11 is 0. The Morgan fingerprint density at radius 1 is 1.31 bits per heavy atom. The monoisotopic (exact) mass is 225 g/mol. The predicted octanol–water partition coefficient (Wildman–Crippen LogP) is 2.97. The second-order valence-electron chi connectivity index (χ2n) is 6.32. The highest BCUT2D eigenvalue weighted by Gasteiger charge is 2.41. The van der Waals surface area contributed by atoms with Crippen LogP contribution < -0.4 is 5.32 Å². The van der Waals surface area contributed by atoms with Crippen LogP contribution in [0.3, 0.4) is 0 Å². The van der Waals surface area contributed by atoms with E-state index in [4.69, 9.17) is 4.74 Å². The van der Waals surface area contributed by atoms with Crippen molar-refractivity contribution >= 4 is 0 Å². The van der Waals surface area contributed by atoms with Gasteiger partial charge in [0.2, 0.25) is 0 Å². The molecule has 1 N–H and O–H groups in total. The Labute approximate surface area is 100 Å².